The Balaban J connectivity index is 2.62. The van der Waals surface area contributed by atoms with Gasteiger partial charge in [-0.15, -0.1) is 0 Å². The van der Waals surface area contributed by atoms with Crippen LogP contribution in [0.3, 0.4) is 0 Å². The highest BCUT2D eigenvalue weighted by Gasteiger charge is 2.12. The van der Waals surface area contributed by atoms with Crippen LogP contribution >= 0.6 is 27.5 Å². The largest absolute Gasteiger partial charge is 0.477 e. The monoisotopic (exact) mass is 299 g/mol. The minimum absolute atomic E-state index is 0.181. The third-order valence-electron chi connectivity index (χ3n) is 2.14. The molecular weight excluding hydrogens is 293 g/mol. The van der Waals surface area contributed by atoms with Gasteiger partial charge in [0.1, 0.15) is 5.69 Å². The van der Waals surface area contributed by atoms with Crippen molar-refractivity contribution in [2.75, 3.05) is 0 Å². The molecule has 0 aliphatic heterocycles. The first-order chi connectivity index (χ1) is 7.59. The number of hydrogen-bond donors (Lipinski definition) is 1. The van der Waals surface area contributed by atoms with Crippen molar-refractivity contribution in [3.63, 3.8) is 0 Å². The van der Waals surface area contributed by atoms with Gasteiger partial charge in [0.05, 0.1) is 10.7 Å². The van der Waals surface area contributed by atoms with E-state index < -0.39 is 5.97 Å². The lowest BCUT2D eigenvalue weighted by Gasteiger charge is -2.08. The molecule has 0 bridgehead atoms. The number of aromatic carboxylic acids is 1. The Hall–Kier alpha value is -1.26. The number of rotatable bonds is 2. The third kappa shape index (κ3) is 1.99. The molecule has 1 aromatic heterocycles. The average Bonchev–Trinajstić information content (AvgIpc) is 2.70. The Morgan fingerprint density at radius 1 is 1.38 bits per heavy atom. The molecule has 1 heterocycles. The van der Waals surface area contributed by atoms with Gasteiger partial charge in [0, 0.05) is 10.7 Å². The highest BCUT2D eigenvalue weighted by Crippen LogP contribution is 2.26. The zero-order chi connectivity index (χ0) is 11.7. The minimum Gasteiger partial charge on any atom is -0.477 e. The van der Waals surface area contributed by atoms with Gasteiger partial charge in [-0.2, -0.15) is 0 Å². The highest BCUT2D eigenvalue weighted by molar-refractivity contribution is 9.10. The van der Waals surface area contributed by atoms with Crippen LogP contribution in [-0.2, 0) is 0 Å². The molecular formula is C11H7BrClNO2. The van der Waals surface area contributed by atoms with Crippen LogP contribution in [0.25, 0.3) is 5.69 Å². The molecule has 0 amide bonds. The van der Waals surface area contributed by atoms with Crippen LogP contribution in [-0.4, -0.2) is 15.6 Å². The Labute approximate surface area is 105 Å². The summed E-state index contributed by atoms with van der Waals surface area (Å²) in [4.78, 5) is 11.0. The van der Waals surface area contributed by atoms with Crippen molar-refractivity contribution in [3.05, 3.63) is 51.7 Å². The van der Waals surface area contributed by atoms with Crippen LogP contribution in [0.4, 0.5) is 0 Å². The quantitative estimate of drug-likeness (QED) is 0.921. The van der Waals surface area contributed by atoms with Crippen LogP contribution in [0, 0.1) is 0 Å². The normalized spacial score (nSPS) is 10.4. The maximum Gasteiger partial charge on any atom is 0.352 e. The van der Waals surface area contributed by atoms with E-state index in [0.717, 1.165) is 4.47 Å². The van der Waals surface area contributed by atoms with Crippen molar-refractivity contribution < 1.29 is 9.90 Å². The van der Waals surface area contributed by atoms with Crippen molar-refractivity contribution in [2.45, 2.75) is 0 Å². The van der Waals surface area contributed by atoms with Crippen molar-refractivity contribution in [1.29, 1.82) is 0 Å². The predicted octanol–water partition coefficient (Wildman–Crippen LogP) is 3.59. The zero-order valence-electron chi connectivity index (χ0n) is 8.02. The lowest BCUT2D eigenvalue weighted by molar-refractivity contribution is 0.0688. The van der Waals surface area contributed by atoms with Gasteiger partial charge in [-0.25, -0.2) is 4.79 Å². The number of hydrogen-bond acceptors (Lipinski definition) is 1. The van der Waals surface area contributed by atoms with Gasteiger partial charge in [-0.3, -0.25) is 0 Å². The molecule has 0 radical (unpaired) electrons. The molecule has 0 saturated heterocycles. The second-order valence-corrected chi connectivity index (χ2v) is 4.49. The molecule has 0 aliphatic rings. The molecule has 16 heavy (non-hydrogen) atoms. The zero-order valence-corrected chi connectivity index (χ0v) is 10.4. The summed E-state index contributed by atoms with van der Waals surface area (Å²) in [6.07, 6.45) is 1.66. The third-order valence-corrected chi connectivity index (χ3v) is 2.95. The summed E-state index contributed by atoms with van der Waals surface area (Å²) >= 11 is 9.35. The maximum absolute atomic E-state index is 11.0. The fraction of sp³-hybridized carbons (Fsp3) is 0. The van der Waals surface area contributed by atoms with Gasteiger partial charge in [-0.05, 0) is 30.3 Å². The van der Waals surface area contributed by atoms with Crippen LogP contribution in [0.1, 0.15) is 10.5 Å². The lowest BCUT2D eigenvalue weighted by atomic mass is 10.3. The summed E-state index contributed by atoms with van der Waals surface area (Å²) in [7, 11) is 0. The minimum atomic E-state index is -0.985. The van der Waals surface area contributed by atoms with Crippen molar-refractivity contribution in [2.24, 2.45) is 0 Å². The molecule has 0 atom stereocenters. The fourth-order valence-electron chi connectivity index (χ4n) is 1.44. The van der Waals surface area contributed by atoms with E-state index in [2.05, 4.69) is 15.9 Å². The first kappa shape index (κ1) is 11.2. The van der Waals surface area contributed by atoms with Crippen LogP contribution < -0.4 is 0 Å². The van der Waals surface area contributed by atoms with E-state index in [9.17, 15) is 4.79 Å². The molecule has 0 spiro atoms. The summed E-state index contributed by atoms with van der Waals surface area (Å²) in [5.41, 5.74) is 0.818. The van der Waals surface area contributed by atoms with Crippen LogP contribution in [0.5, 0.6) is 0 Å². The second-order valence-electron chi connectivity index (χ2n) is 3.16. The fourth-order valence-corrected chi connectivity index (χ4v) is 1.99. The predicted molar refractivity (Wildman–Crippen MR) is 65.4 cm³/mol. The first-order valence-corrected chi connectivity index (χ1v) is 5.63. The molecule has 0 saturated carbocycles. The van der Waals surface area contributed by atoms with Gasteiger partial charge in [0.15, 0.2) is 0 Å². The van der Waals surface area contributed by atoms with Gasteiger partial charge in [0.25, 0.3) is 0 Å². The molecule has 1 N–H and O–H groups in total. The van der Waals surface area contributed by atoms with Crippen LogP contribution in [0.2, 0.25) is 5.02 Å². The van der Waals surface area contributed by atoms with E-state index in [1.807, 2.05) is 0 Å². The van der Waals surface area contributed by atoms with Crippen molar-refractivity contribution >= 4 is 33.5 Å². The SMILES string of the molecule is O=C(O)c1cccn1-c1cc(Br)ccc1Cl. The first-order valence-electron chi connectivity index (χ1n) is 4.45. The van der Waals surface area contributed by atoms with Gasteiger partial charge >= 0.3 is 5.97 Å². The Morgan fingerprint density at radius 2 is 2.12 bits per heavy atom. The number of nitrogens with zero attached hydrogens (tertiary/aromatic N) is 1. The van der Waals surface area contributed by atoms with E-state index in [0.29, 0.717) is 10.7 Å². The summed E-state index contributed by atoms with van der Waals surface area (Å²) in [6, 6.07) is 8.48. The molecule has 0 fully saturated rings. The molecule has 5 heteroatoms. The summed E-state index contributed by atoms with van der Waals surface area (Å²) in [5, 5.41) is 9.50. The van der Waals surface area contributed by atoms with Crippen molar-refractivity contribution in [3.8, 4) is 5.69 Å². The Morgan fingerprint density at radius 3 is 2.81 bits per heavy atom. The van der Waals surface area contributed by atoms with E-state index in [1.165, 1.54) is 10.6 Å². The molecule has 1 aromatic carbocycles. The number of halogens is 2. The smallest absolute Gasteiger partial charge is 0.352 e. The number of carbonyl (C=O) groups is 1. The lowest BCUT2D eigenvalue weighted by Crippen LogP contribution is -2.06. The van der Waals surface area contributed by atoms with E-state index in [1.54, 1.807) is 30.5 Å². The number of benzene rings is 1. The molecule has 3 nitrogen and oxygen atoms in total. The maximum atomic E-state index is 11.0. The summed E-state index contributed by atoms with van der Waals surface area (Å²) < 4.78 is 2.38. The average molecular weight is 301 g/mol. The van der Waals surface area contributed by atoms with Crippen LogP contribution in [0.15, 0.2) is 41.0 Å². The van der Waals surface area contributed by atoms with E-state index in [-0.39, 0.29) is 5.69 Å². The number of aromatic nitrogens is 1. The Kier molecular flexibility index (Phi) is 3.03. The molecule has 0 unspecified atom stereocenters. The Bertz CT molecular complexity index is 551. The van der Waals surface area contributed by atoms with E-state index in [4.69, 9.17) is 16.7 Å². The highest BCUT2D eigenvalue weighted by atomic mass is 79.9. The topological polar surface area (TPSA) is 42.2 Å². The molecule has 2 rings (SSSR count). The standard InChI is InChI=1S/C11H7BrClNO2/c12-7-3-4-8(13)10(6-7)14-5-1-2-9(14)11(15)16/h1-6H,(H,15,16). The summed E-state index contributed by atoms with van der Waals surface area (Å²) in [5.74, 6) is -0.985. The number of carboxylic acids is 1. The van der Waals surface area contributed by atoms with Gasteiger partial charge < -0.3 is 9.67 Å². The van der Waals surface area contributed by atoms with Gasteiger partial charge in [-0.1, -0.05) is 27.5 Å². The van der Waals surface area contributed by atoms with Gasteiger partial charge in [0.2, 0.25) is 0 Å². The number of carboxylic acid groups (broad SMARTS) is 1. The van der Waals surface area contributed by atoms with Crippen molar-refractivity contribution in [1.82, 2.24) is 4.57 Å². The summed E-state index contributed by atoms with van der Waals surface area (Å²) in [6.45, 7) is 0. The van der Waals surface area contributed by atoms with E-state index >= 15 is 0 Å². The molecule has 2 aromatic rings. The molecule has 0 aliphatic carbocycles. The second kappa shape index (κ2) is 4.31. The molecule has 82 valence electrons.